The Hall–Kier alpha value is -1.98. The van der Waals surface area contributed by atoms with E-state index in [-0.39, 0.29) is 18.9 Å². The summed E-state index contributed by atoms with van der Waals surface area (Å²) >= 11 is 5.93. The van der Waals surface area contributed by atoms with Crippen LogP contribution in [0, 0.1) is 0 Å². The van der Waals surface area contributed by atoms with Crippen LogP contribution < -0.4 is 10.1 Å². The van der Waals surface area contributed by atoms with Gasteiger partial charge in [-0.05, 0) is 30.3 Å². The zero-order chi connectivity index (χ0) is 15.2. The van der Waals surface area contributed by atoms with Crippen LogP contribution in [0.4, 0.5) is 0 Å². The van der Waals surface area contributed by atoms with Crippen molar-refractivity contribution < 1.29 is 19.1 Å². The summed E-state index contributed by atoms with van der Waals surface area (Å²) in [4.78, 5) is 12.1. The third-order valence-corrected chi connectivity index (χ3v) is 3.23. The molecule has 0 aliphatic heterocycles. The number of methoxy groups -OCH3 is 1. The van der Waals surface area contributed by atoms with Crippen molar-refractivity contribution in [2.75, 3.05) is 13.7 Å². The molecule has 6 heteroatoms. The van der Waals surface area contributed by atoms with Crippen molar-refractivity contribution in [3.05, 3.63) is 52.9 Å². The number of carbonyl (C=O) groups excluding carboxylic acids is 1. The lowest BCUT2D eigenvalue weighted by Gasteiger charge is -2.15. The fourth-order valence-corrected chi connectivity index (χ4v) is 2.19. The van der Waals surface area contributed by atoms with E-state index in [0.717, 1.165) is 0 Å². The van der Waals surface area contributed by atoms with Crippen molar-refractivity contribution in [3.63, 3.8) is 0 Å². The molecule has 0 aliphatic carbocycles. The Kier molecular flexibility index (Phi) is 5.25. The Morgan fingerprint density at radius 1 is 1.48 bits per heavy atom. The van der Waals surface area contributed by atoms with Crippen molar-refractivity contribution in [2.24, 2.45) is 0 Å². The highest BCUT2D eigenvalue weighted by Gasteiger charge is 2.17. The molecule has 1 aromatic heterocycles. The van der Waals surface area contributed by atoms with E-state index in [1.165, 1.54) is 13.4 Å². The summed E-state index contributed by atoms with van der Waals surface area (Å²) in [7, 11) is 1.53. The maximum Gasteiger partial charge on any atom is 0.225 e. The molecule has 1 amide bonds. The van der Waals surface area contributed by atoms with Gasteiger partial charge >= 0.3 is 0 Å². The zero-order valence-electron chi connectivity index (χ0n) is 11.5. The van der Waals surface area contributed by atoms with Crippen molar-refractivity contribution in [2.45, 2.75) is 12.5 Å². The third kappa shape index (κ3) is 4.00. The fourth-order valence-electron chi connectivity index (χ4n) is 2.00. The lowest BCUT2D eigenvalue weighted by atomic mass is 10.1. The monoisotopic (exact) mass is 309 g/mol. The molecule has 0 aliphatic rings. The van der Waals surface area contributed by atoms with Gasteiger partial charge in [0.25, 0.3) is 0 Å². The molecule has 0 radical (unpaired) electrons. The maximum absolute atomic E-state index is 12.1. The number of nitrogens with one attached hydrogen (secondary N) is 1. The summed E-state index contributed by atoms with van der Waals surface area (Å²) < 4.78 is 10.4. The number of aliphatic hydroxyl groups excluding tert-OH is 1. The number of rotatable bonds is 6. The van der Waals surface area contributed by atoms with Crippen molar-refractivity contribution in [1.29, 1.82) is 0 Å². The topological polar surface area (TPSA) is 71.7 Å². The van der Waals surface area contributed by atoms with Gasteiger partial charge in [0.15, 0.2) is 0 Å². The standard InChI is InChI=1S/C15H16ClNO4/c1-20-13-5-4-11(16)7-10(13)8-15(19)17-12(9-18)14-3-2-6-21-14/h2-7,12,18H,8-9H2,1H3,(H,17,19). The molecular weight excluding hydrogens is 294 g/mol. The average molecular weight is 310 g/mol. The van der Waals surface area contributed by atoms with Gasteiger partial charge in [0.2, 0.25) is 5.91 Å². The first-order valence-corrected chi connectivity index (χ1v) is 6.78. The lowest BCUT2D eigenvalue weighted by molar-refractivity contribution is -0.121. The normalized spacial score (nSPS) is 12.0. The summed E-state index contributed by atoms with van der Waals surface area (Å²) in [5.41, 5.74) is 0.679. The van der Waals surface area contributed by atoms with Crippen LogP contribution in [-0.2, 0) is 11.2 Å². The van der Waals surface area contributed by atoms with Gasteiger partial charge < -0.3 is 19.6 Å². The van der Waals surface area contributed by atoms with Gasteiger partial charge in [-0.3, -0.25) is 4.79 Å². The predicted molar refractivity (Wildman–Crippen MR) is 78.4 cm³/mol. The molecule has 21 heavy (non-hydrogen) atoms. The van der Waals surface area contributed by atoms with E-state index >= 15 is 0 Å². The van der Waals surface area contributed by atoms with Gasteiger partial charge in [-0.1, -0.05) is 11.6 Å². The molecule has 0 fully saturated rings. The Morgan fingerprint density at radius 3 is 2.90 bits per heavy atom. The zero-order valence-corrected chi connectivity index (χ0v) is 12.3. The summed E-state index contributed by atoms with van der Waals surface area (Å²) in [5, 5.41) is 12.6. The second-order valence-corrected chi connectivity index (χ2v) is 4.89. The van der Waals surface area contributed by atoms with E-state index in [0.29, 0.717) is 22.1 Å². The van der Waals surface area contributed by atoms with Gasteiger partial charge in [0, 0.05) is 10.6 Å². The molecule has 1 atom stereocenters. The highest BCUT2D eigenvalue weighted by Crippen LogP contribution is 2.23. The van der Waals surface area contributed by atoms with E-state index in [1.54, 1.807) is 30.3 Å². The first kappa shape index (κ1) is 15.4. The number of aliphatic hydroxyl groups is 1. The van der Waals surface area contributed by atoms with E-state index in [1.807, 2.05) is 0 Å². The molecular formula is C15H16ClNO4. The minimum atomic E-state index is -0.572. The molecule has 0 spiro atoms. The largest absolute Gasteiger partial charge is 0.496 e. The molecule has 2 aromatic rings. The highest BCUT2D eigenvalue weighted by atomic mass is 35.5. The second kappa shape index (κ2) is 7.15. The third-order valence-electron chi connectivity index (χ3n) is 3.00. The van der Waals surface area contributed by atoms with Crippen LogP contribution in [0.25, 0.3) is 0 Å². The molecule has 2 N–H and O–H groups in total. The van der Waals surface area contributed by atoms with Crippen LogP contribution in [-0.4, -0.2) is 24.7 Å². The molecule has 112 valence electrons. The first-order valence-electron chi connectivity index (χ1n) is 6.40. The SMILES string of the molecule is COc1ccc(Cl)cc1CC(=O)NC(CO)c1ccco1. The molecule has 2 rings (SSSR count). The maximum atomic E-state index is 12.1. The Labute approximate surface area is 127 Å². The van der Waals surface area contributed by atoms with Crippen LogP contribution in [0.3, 0.4) is 0 Å². The minimum absolute atomic E-state index is 0.0982. The minimum Gasteiger partial charge on any atom is -0.496 e. The van der Waals surface area contributed by atoms with Crippen LogP contribution in [0.2, 0.25) is 5.02 Å². The number of ether oxygens (including phenoxy) is 1. The number of amides is 1. The number of halogens is 1. The summed E-state index contributed by atoms with van der Waals surface area (Å²) in [6.07, 6.45) is 1.59. The number of furan rings is 1. The summed E-state index contributed by atoms with van der Waals surface area (Å²) in [6, 6.07) is 7.91. The molecule has 5 nitrogen and oxygen atoms in total. The van der Waals surface area contributed by atoms with Crippen molar-refractivity contribution >= 4 is 17.5 Å². The van der Waals surface area contributed by atoms with Crippen LogP contribution >= 0.6 is 11.6 Å². The van der Waals surface area contributed by atoms with E-state index in [2.05, 4.69) is 5.32 Å². The molecule has 1 heterocycles. The van der Waals surface area contributed by atoms with Gasteiger partial charge in [-0.2, -0.15) is 0 Å². The van der Waals surface area contributed by atoms with Crippen LogP contribution in [0.5, 0.6) is 5.75 Å². The molecule has 0 saturated heterocycles. The number of carbonyl (C=O) groups is 1. The molecule has 1 unspecified atom stereocenters. The average Bonchev–Trinajstić information content (AvgIpc) is 2.99. The number of hydrogen-bond acceptors (Lipinski definition) is 4. The second-order valence-electron chi connectivity index (χ2n) is 4.45. The smallest absolute Gasteiger partial charge is 0.225 e. The highest BCUT2D eigenvalue weighted by molar-refractivity contribution is 6.30. The Morgan fingerprint density at radius 2 is 2.29 bits per heavy atom. The predicted octanol–water partition coefficient (Wildman–Crippen LogP) is 2.33. The first-order chi connectivity index (χ1) is 10.1. The Balaban J connectivity index is 2.06. The van der Waals surface area contributed by atoms with Gasteiger partial charge in [-0.25, -0.2) is 0 Å². The summed E-state index contributed by atoms with van der Waals surface area (Å²) in [5.74, 6) is 0.836. The van der Waals surface area contributed by atoms with E-state index < -0.39 is 6.04 Å². The van der Waals surface area contributed by atoms with Crippen LogP contribution in [0.1, 0.15) is 17.4 Å². The molecule has 0 bridgehead atoms. The molecule has 1 aromatic carbocycles. The lowest BCUT2D eigenvalue weighted by Crippen LogP contribution is -2.31. The van der Waals surface area contributed by atoms with E-state index in [9.17, 15) is 9.90 Å². The number of benzene rings is 1. The fraction of sp³-hybridized carbons (Fsp3) is 0.267. The van der Waals surface area contributed by atoms with E-state index in [4.69, 9.17) is 20.8 Å². The van der Waals surface area contributed by atoms with Crippen LogP contribution in [0.15, 0.2) is 41.0 Å². The van der Waals surface area contributed by atoms with Gasteiger partial charge in [0.05, 0.1) is 26.4 Å². The van der Waals surface area contributed by atoms with Crippen molar-refractivity contribution in [3.8, 4) is 5.75 Å². The van der Waals surface area contributed by atoms with Gasteiger partial charge in [0.1, 0.15) is 17.6 Å². The number of hydrogen-bond donors (Lipinski definition) is 2. The molecule has 0 saturated carbocycles. The Bertz CT molecular complexity index is 598. The quantitative estimate of drug-likeness (QED) is 0.859. The summed E-state index contributed by atoms with van der Waals surface area (Å²) in [6.45, 7) is -0.244. The van der Waals surface area contributed by atoms with Crippen molar-refractivity contribution in [1.82, 2.24) is 5.32 Å². The van der Waals surface area contributed by atoms with Gasteiger partial charge in [-0.15, -0.1) is 0 Å².